The molecule has 22 heavy (non-hydrogen) atoms. The third-order valence-electron chi connectivity index (χ3n) is 3.21. The number of anilines is 1. The van der Waals surface area contributed by atoms with E-state index in [9.17, 15) is 18.8 Å². The molecule has 0 unspecified atom stereocenters. The van der Waals surface area contributed by atoms with Crippen molar-refractivity contribution >= 4 is 11.7 Å². The van der Waals surface area contributed by atoms with Crippen LogP contribution in [0.15, 0.2) is 30.5 Å². The summed E-state index contributed by atoms with van der Waals surface area (Å²) in [5.74, 6) is -2.23. The molecule has 0 fully saturated rings. The van der Waals surface area contributed by atoms with Crippen LogP contribution in [0.3, 0.4) is 0 Å². The van der Waals surface area contributed by atoms with Crippen molar-refractivity contribution in [1.82, 2.24) is 4.98 Å². The molecule has 114 valence electrons. The highest BCUT2D eigenvalue weighted by Gasteiger charge is 2.31. The van der Waals surface area contributed by atoms with Gasteiger partial charge < -0.3 is 10.5 Å². The first kappa shape index (κ1) is 14.4. The van der Waals surface area contributed by atoms with Gasteiger partial charge in [-0.25, -0.2) is 13.8 Å². The number of hydroxylamine groups is 1. The SMILES string of the molecule is N[C@H]1Cc2cc(Oc3ccc(F)c(F)c3)cnc2N(O)C1=O. The van der Waals surface area contributed by atoms with Gasteiger partial charge >= 0.3 is 0 Å². The normalized spacial score (nSPS) is 17.4. The van der Waals surface area contributed by atoms with Crippen molar-refractivity contribution in [2.75, 3.05) is 5.06 Å². The van der Waals surface area contributed by atoms with Crippen LogP contribution in [-0.4, -0.2) is 22.1 Å². The zero-order valence-electron chi connectivity index (χ0n) is 11.2. The number of carbonyl (C=O) groups is 1. The molecular formula is C14H11F2N3O3. The molecule has 0 radical (unpaired) electrons. The molecule has 0 saturated heterocycles. The Morgan fingerprint density at radius 2 is 2.05 bits per heavy atom. The van der Waals surface area contributed by atoms with E-state index in [4.69, 9.17) is 10.5 Å². The first-order valence-electron chi connectivity index (χ1n) is 6.36. The van der Waals surface area contributed by atoms with E-state index in [0.717, 1.165) is 12.1 Å². The first-order chi connectivity index (χ1) is 10.5. The number of amides is 1. The van der Waals surface area contributed by atoms with E-state index in [2.05, 4.69) is 4.98 Å². The van der Waals surface area contributed by atoms with Gasteiger partial charge in [-0.1, -0.05) is 0 Å². The summed E-state index contributed by atoms with van der Waals surface area (Å²) in [6, 6.07) is 3.77. The van der Waals surface area contributed by atoms with Crippen LogP contribution in [0.4, 0.5) is 14.6 Å². The summed E-state index contributed by atoms with van der Waals surface area (Å²) in [5.41, 5.74) is 6.12. The Hall–Kier alpha value is -2.58. The number of rotatable bonds is 2. The van der Waals surface area contributed by atoms with Crippen LogP contribution >= 0.6 is 0 Å². The molecule has 0 aliphatic carbocycles. The van der Waals surface area contributed by atoms with E-state index in [1.54, 1.807) is 0 Å². The topological polar surface area (TPSA) is 88.7 Å². The second kappa shape index (κ2) is 5.32. The number of halogens is 2. The van der Waals surface area contributed by atoms with Crippen molar-refractivity contribution in [3.63, 3.8) is 0 Å². The molecule has 2 heterocycles. The third kappa shape index (κ3) is 2.49. The molecule has 3 N–H and O–H groups in total. The standard InChI is InChI=1S/C14H11F2N3O3/c15-10-2-1-8(5-11(10)16)22-9-3-7-4-12(17)14(20)19(21)13(7)18-6-9/h1-3,5-6,12,21H,4,17H2/t12-/m0/s1. The summed E-state index contributed by atoms with van der Waals surface area (Å²) in [7, 11) is 0. The van der Waals surface area contributed by atoms with E-state index in [1.165, 1.54) is 18.3 Å². The molecule has 1 aliphatic heterocycles. The number of aromatic nitrogens is 1. The fraction of sp³-hybridized carbons (Fsp3) is 0.143. The number of carbonyl (C=O) groups excluding carboxylic acids is 1. The molecule has 0 saturated carbocycles. The maximum absolute atomic E-state index is 13.1. The predicted octanol–water partition coefficient (Wildman–Crippen LogP) is 1.76. The largest absolute Gasteiger partial charge is 0.456 e. The molecule has 1 aliphatic rings. The Kier molecular flexibility index (Phi) is 3.47. The van der Waals surface area contributed by atoms with Crippen LogP contribution in [0, 0.1) is 11.6 Å². The van der Waals surface area contributed by atoms with Gasteiger partial charge in [0.15, 0.2) is 17.5 Å². The number of nitrogens with two attached hydrogens (primary N) is 1. The Bertz CT molecular complexity index is 754. The molecule has 1 aromatic carbocycles. The fourth-order valence-electron chi connectivity index (χ4n) is 2.14. The quantitative estimate of drug-likeness (QED) is 0.825. The number of hydrogen-bond donors (Lipinski definition) is 2. The Labute approximate surface area is 123 Å². The van der Waals surface area contributed by atoms with Gasteiger partial charge in [-0.3, -0.25) is 10.0 Å². The Morgan fingerprint density at radius 3 is 2.77 bits per heavy atom. The van der Waals surface area contributed by atoms with E-state index < -0.39 is 23.6 Å². The highest BCUT2D eigenvalue weighted by Crippen LogP contribution is 2.29. The molecule has 0 bridgehead atoms. The summed E-state index contributed by atoms with van der Waals surface area (Å²) in [6.45, 7) is 0. The van der Waals surface area contributed by atoms with Crippen LogP contribution < -0.4 is 15.5 Å². The average Bonchev–Trinajstić information content (AvgIpc) is 2.49. The summed E-state index contributed by atoms with van der Waals surface area (Å²) in [6.07, 6.45) is 1.45. The number of benzene rings is 1. The lowest BCUT2D eigenvalue weighted by atomic mass is 10.0. The molecule has 1 atom stereocenters. The van der Waals surface area contributed by atoms with Gasteiger partial charge in [-0.05, 0) is 18.2 Å². The van der Waals surface area contributed by atoms with Crippen molar-refractivity contribution in [2.45, 2.75) is 12.5 Å². The number of pyridine rings is 1. The van der Waals surface area contributed by atoms with Crippen LogP contribution in [0.2, 0.25) is 0 Å². The molecular weight excluding hydrogens is 296 g/mol. The van der Waals surface area contributed by atoms with Crippen LogP contribution in [0.5, 0.6) is 11.5 Å². The van der Waals surface area contributed by atoms with Gasteiger partial charge in [-0.15, -0.1) is 0 Å². The van der Waals surface area contributed by atoms with E-state index in [-0.39, 0.29) is 23.7 Å². The number of ether oxygens (including phenoxy) is 1. The van der Waals surface area contributed by atoms with Gasteiger partial charge in [0, 0.05) is 18.1 Å². The van der Waals surface area contributed by atoms with E-state index in [0.29, 0.717) is 10.6 Å². The minimum atomic E-state index is -1.03. The van der Waals surface area contributed by atoms with Crippen molar-refractivity contribution in [1.29, 1.82) is 0 Å². The highest BCUT2D eigenvalue weighted by molar-refractivity contribution is 5.97. The minimum Gasteiger partial charge on any atom is -0.456 e. The summed E-state index contributed by atoms with van der Waals surface area (Å²) in [4.78, 5) is 15.5. The fourth-order valence-corrected chi connectivity index (χ4v) is 2.14. The highest BCUT2D eigenvalue weighted by atomic mass is 19.2. The molecule has 3 rings (SSSR count). The number of hydrogen-bond acceptors (Lipinski definition) is 5. The Balaban J connectivity index is 1.89. The van der Waals surface area contributed by atoms with Gasteiger partial charge in [0.2, 0.25) is 0 Å². The van der Waals surface area contributed by atoms with Crippen molar-refractivity contribution in [3.8, 4) is 11.5 Å². The van der Waals surface area contributed by atoms with Crippen LogP contribution in [-0.2, 0) is 11.2 Å². The van der Waals surface area contributed by atoms with Gasteiger partial charge in [0.1, 0.15) is 11.5 Å². The predicted molar refractivity (Wildman–Crippen MR) is 71.6 cm³/mol. The number of nitrogens with zero attached hydrogens (tertiary/aromatic N) is 2. The molecule has 8 heteroatoms. The Morgan fingerprint density at radius 1 is 1.27 bits per heavy atom. The lowest BCUT2D eigenvalue weighted by Gasteiger charge is -2.26. The zero-order chi connectivity index (χ0) is 15.9. The van der Waals surface area contributed by atoms with E-state index >= 15 is 0 Å². The van der Waals surface area contributed by atoms with Crippen molar-refractivity contribution in [2.24, 2.45) is 5.73 Å². The van der Waals surface area contributed by atoms with Crippen LogP contribution in [0.1, 0.15) is 5.56 Å². The average molecular weight is 307 g/mol. The molecule has 1 aromatic heterocycles. The van der Waals surface area contributed by atoms with Crippen LogP contribution in [0.25, 0.3) is 0 Å². The third-order valence-corrected chi connectivity index (χ3v) is 3.21. The van der Waals surface area contributed by atoms with Gasteiger partial charge in [0.25, 0.3) is 5.91 Å². The molecule has 1 amide bonds. The summed E-state index contributed by atoms with van der Waals surface area (Å²) < 4.78 is 31.4. The minimum absolute atomic E-state index is 0.0735. The summed E-state index contributed by atoms with van der Waals surface area (Å²) in [5, 5.41) is 10.1. The lowest BCUT2D eigenvalue weighted by Crippen LogP contribution is -2.47. The lowest BCUT2D eigenvalue weighted by molar-refractivity contribution is -0.125. The van der Waals surface area contributed by atoms with Gasteiger partial charge in [-0.2, -0.15) is 5.06 Å². The number of fused-ring (bicyclic) bond motifs is 1. The molecule has 0 spiro atoms. The second-order valence-electron chi connectivity index (χ2n) is 4.79. The molecule has 6 nitrogen and oxygen atoms in total. The zero-order valence-corrected chi connectivity index (χ0v) is 11.2. The monoisotopic (exact) mass is 307 g/mol. The summed E-state index contributed by atoms with van der Waals surface area (Å²) >= 11 is 0. The molecule has 2 aromatic rings. The van der Waals surface area contributed by atoms with Gasteiger partial charge in [0.05, 0.1) is 12.2 Å². The second-order valence-corrected chi connectivity index (χ2v) is 4.79. The van der Waals surface area contributed by atoms with Crippen molar-refractivity contribution < 1.29 is 23.5 Å². The smallest absolute Gasteiger partial charge is 0.269 e. The maximum Gasteiger partial charge on any atom is 0.269 e. The van der Waals surface area contributed by atoms with Crippen molar-refractivity contribution in [3.05, 3.63) is 47.7 Å². The van der Waals surface area contributed by atoms with E-state index in [1.807, 2.05) is 0 Å². The maximum atomic E-state index is 13.1. The first-order valence-corrected chi connectivity index (χ1v) is 6.36.